The Morgan fingerprint density at radius 2 is 1.19 bits per heavy atom. The third-order valence-electron chi connectivity index (χ3n) is 3.00. The first-order valence-electron chi connectivity index (χ1n) is 7.41. The summed E-state index contributed by atoms with van der Waals surface area (Å²) in [6, 6.07) is 0. The van der Waals surface area contributed by atoms with Crippen molar-refractivity contribution in [2.45, 2.75) is 21.2 Å². The minimum atomic E-state index is -0.395. The second kappa shape index (κ2) is 15.0. The van der Waals surface area contributed by atoms with Crippen molar-refractivity contribution in [3.63, 3.8) is 0 Å². The third kappa shape index (κ3) is 10.2. The van der Waals surface area contributed by atoms with Crippen molar-refractivity contribution in [3.8, 4) is 0 Å². The zero-order chi connectivity index (χ0) is 19.0. The first-order valence-corrected chi connectivity index (χ1v) is 11.6. The average Bonchev–Trinajstić information content (AvgIpc) is 2.67. The van der Waals surface area contributed by atoms with Crippen LogP contribution in [0.5, 0.6) is 0 Å². The highest BCUT2D eigenvalue weighted by atomic mass is 32.2. The van der Waals surface area contributed by atoms with Gasteiger partial charge in [-0.1, -0.05) is 0 Å². The van der Waals surface area contributed by atoms with Gasteiger partial charge < -0.3 is 0 Å². The fourth-order valence-electron chi connectivity index (χ4n) is 1.82. The van der Waals surface area contributed by atoms with Crippen molar-refractivity contribution in [2.24, 2.45) is 20.0 Å². The van der Waals surface area contributed by atoms with Crippen molar-refractivity contribution in [2.75, 3.05) is 36.1 Å². The van der Waals surface area contributed by atoms with Gasteiger partial charge in [-0.15, -0.1) is 23.5 Å². The van der Waals surface area contributed by atoms with Crippen LogP contribution in [0.15, 0.2) is 20.0 Å². The van der Waals surface area contributed by atoms with Gasteiger partial charge in [0.2, 0.25) is 24.3 Å². The van der Waals surface area contributed by atoms with Crippen LogP contribution in [0.1, 0.15) is 0 Å². The molecule has 0 N–H and O–H groups in total. The molecule has 0 aliphatic carbocycles. The molecule has 0 radical (unpaired) electrons. The fourth-order valence-corrected chi connectivity index (χ4v) is 7.52. The van der Waals surface area contributed by atoms with Crippen LogP contribution in [-0.2, 0) is 19.2 Å². The molecule has 1 heterocycles. The normalized spacial score (nSPS) is 21.1. The summed E-state index contributed by atoms with van der Waals surface area (Å²) >= 11 is 6.64. The van der Waals surface area contributed by atoms with Crippen LogP contribution in [0.4, 0.5) is 0 Å². The molecular formula is C14H16N4O4S4. The highest BCUT2D eigenvalue weighted by molar-refractivity contribution is 8.09. The maximum Gasteiger partial charge on any atom is 0.236 e. The summed E-state index contributed by atoms with van der Waals surface area (Å²) in [7, 11) is 0. The number of thioether (sulfide) groups is 4. The molecule has 0 saturated carbocycles. The summed E-state index contributed by atoms with van der Waals surface area (Å²) in [5, 5.41) is 0.0415. The van der Waals surface area contributed by atoms with Crippen molar-refractivity contribution < 1.29 is 19.2 Å². The molecular weight excluding hydrogens is 416 g/mol. The molecule has 1 aliphatic rings. The number of hydrogen-bond acceptors (Lipinski definition) is 12. The van der Waals surface area contributed by atoms with E-state index in [1.54, 1.807) is 0 Å². The lowest BCUT2D eigenvalue weighted by Gasteiger charge is -2.28. The lowest BCUT2D eigenvalue weighted by molar-refractivity contribution is 0.559. The highest BCUT2D eigenvalue weighted by Gasteiger charge is 2.24. The van der Waals surface area contributed by atoms with E-state index in [0.29, 0.717) is 10.5 Å². The molecule has 1 fully saturated rings. The number of isocyanates is 4. The zero-order valence-corrected chi connectivity index (χ0v) is 16.9. The number of aliphatic imine (C=N–C) groups is 4. The Morgan fingerprint density at radius 3 is 1.50 bits per heavy atom. The van der Waals surface area contributed by atoms with Gasteiger partial charge in [-0.25, -0.2) is 29.2 Å². The smallest absolute Gasteiger partial charge is 0.211 e. The Hall–Kier alpha value is -1.08. The maximum atomic E-state index is 10.4. The lowest BCUT2D eigenvalue weighted by atomic mass is 10.5. The van der Waals surface area contributed by atoms with E-state index in [0.717, 1.165) is 23.0 Å². The third-order valence-corrected chi connectivity index (χ3v) is 9.11. The molecule has 1 aliphatic heterocycles. The van der Waals surface area contributed by atoms with E-state index < -0.39 is 10.7 Å². The van der Waals surface area contributed by atoms with Crippen LogP contribution in [0.3, 0.4) is 0 Å². The van der Waals surface area contributed by atoms with Gasteiger partial charge in [0.15, 0.2) is 0 Å². The van der Waals surface area contributed by atoms with Crippen LogP contribution in [-0.4, -0.2) is 81.7 Å². The predicted molar refractivity (Wildman–Crippen MR) is 107 cm³/mol. The fraction of sp³-hybridized carbons (Fsp3) is 0.714. The number of carbonyl (C=O) groups excluding carboxylic acids is 4. The Labute approximate surface area is 167 Å². The molecule has 4 unspecified atom stereocenters. The van der Waals surface area contributed by atoms with E-state index in [1.807, 2.05) is 23.5 Å². The van der Waals surface area contributed by atoms with Gasteiger partial charge in [0.05, 0.1) is 13.1 Å². The van der Waals surface area contributed by atoms with Gasteiger partial charge in [-0.05, 0) is 0 Å². The molecule has 140 valence electrons. The van der Waals surface area contributed by atoms with Crippen LogP contribution in [0, 0.1) is 0 Å². The van der Waals surface area contributed by atoms with Crippen LogP contribution in [0.25, 0.3) is 0 Å². The summed E-state index contributed by atoms with van der Waals surface area (Å²) < 4.78 is 0. The first kappa shape index (κ1) is 23.0. The molecule has 0 aromatic rings. The Kier molecular flexibility index (Phi) is 13.3. The van der Waals surface area contributed by atoms with Gasteiger partial charge in [0, 0.05) is 33.5 Å². The average molecular weight is 433 g/mol. The molecule has 1 rings (SSSR count). The number of rotatable bonds is 12. The van der Waals surface area contributed by atoms with Gasteiger partial charge in [0.1, 0.15) is 10.7 Å². The van der Waals surface area contributed by atoms with Crippen LogP contribution < -0.4 is 0 Å². The number of nitrogens with zero attached hydrogens (tertiary/aromatic N) is 4. The first-order chi connectivity index (χ1) is 12.7. The molecule has 4 atom stereocenters. The summed E-state index contributed by atoms with van der Waals surface area (Å²) in [5.41, 5.74) is 0. The summed E-state index contributed by atoms with van der Waals surface area (Å²) in [4.78, 5) is 55.3. The second-order valence-electron chi connectivity index (χ2n) is 4.79. The minimum absolute atomic E-state index is 0.134. The molecule has 0 aromatic heterocycles. The van der Waals surface area contributed by atoms with E-state index in [-0.39, 0.29) is 13.1 Å². The molecule has 26 heavy (non-hydrogen) atoms. The van der Waals surface area contributed by atoms with Gasteiger partial charge >= 0.3 is 0 Å². The second-order valence-corrected chi connectivity index (χ2v) is 9.88. The molecule has 8 nitrogen and oxygen atoms in total. The molecule has 0 spiro atoms. The van der Waals surface area contributed by atoms with E-state index >= 15 is 0 Å². The van der Waals surface area contributed by atoms with Crippen molar-refractivity contribution in [3.05, 3.63) is 0 Å². The quantitative estimate of drug-likeness (QED) is 0.337. The minimum Gasteiger partial charge on any atom is -0.211 e. The SMILES string of the molecule is O=C=NCC(N=C=O)SCC1CSC(CSC(CN=C=O)N=C=O)CS1. The lowest BCUT2D eigenvalue weighted by Crippen LogP contribution is -2.26. The standard InChI is InChI=1S/C14H16N4O4S4/c19-7-15-1-13(17-9-21)25-5-11-3-24-12(4-23-11)6-26-14(18-10-22)2-16-8-20/h11-14H,1-6H2. The van der Waals surface area contributed by atoms with E-state index in [2.05, 4.69) is 20.0 Å². The highest BCUT2D eigenvalue weighted by Crippen LogP contribution is 2.34. The zero-order valence-electron chi connectivity index (χ0n) is 13.6. The largest absolute Gasteiger partial charge is 0.236 e. The van der Waals surface area contributed by atoms with Gasteiger partial charge in [-0.2, -0.15) is 33.5 Å². The number of hydrogen-bond donors (Lipinski definition) is 0. The summed E-state index contributed by atoms with van der Waals surface area (Å²) in [6.07, 6.45) is 5.90. The molecule has 12 heteroatoms. The topological polar surface area (TPSA) is 118 Å². The van der Waals surface area contributed by atoms with E-state index in [4.69, 9.17) is 0 Å². The van der Waals surface area contributed by atoms with Crippen molar-refractivity contribution in [1.29, 1.82) is 0 Å². The van der Waals surface area contributed by atoms with Crippen LogP contribution in [0.2, 0.25) is 0 Å². The molecule has 1 saturated heterocycles. The van der Waals surface area contributed by atoms with Crippen molar-refractivity contribution in [1.82, 2.24) is 0 Å². The Balaban J connectivity index is 2.32. The van der Waals surface area contributed by atoms with E-state index in [9.17, 15) is 19.2 Å². The summed E-state index contributed by atoms with van der Waals surface area (Å²) in [6.45, 7) is 0.268. The monoisotopic (exact) mass is 432 g/mol. The molecule has 0 amide bonds. The van der Waals surface area contributed by atoms with E-state index in [1.165, 1.54) is 47.8 Å². The Morgan fingerprint density at radius 1 is 0.769 bits per heavy atom. The Bertz CT molecular complexity index is 564. The van der Waals surface area contributed by atoms with Crippen LogP contribution >= 0.6 is 47.0 Å². The van der Waals surface area contributed by atoms with Gasteiger partial charge in [-0.3, -0.25) is 0 Å². The molecule has 0 aromatic carbocycles. The maximum absolute atomic E-state index is 10.4. The van der Waals surface area contributed by atoms with Gasteiger partial charge in [0.25, 0.3) is 0 Å². The predicted octanol–water partition coefficient (Wildman–Crippen LogP) is 1.67. The summed E-state index contributed by atoms with van der Waals surface area (Å²) in [5.74, 6) is 3.50. The van der Waals surface area contributed by atoms with Crippen molar-refractivity contribution >= 4 is 71.4 Å². The molecule has 0 bridgehead atoms.